The number of amides is 1. The summed E-state index contributed by atoms with van der Waals surface area (Å²) in [6, 6.07) is 0.182. The van der Waals surface area contributed by atoms with Crippen LogP contribution in [0.3, 0.4) is 0 Å². The molecule has 0 saturated heterocycles. The second-order valence-electron chi connectivity index (χ2n) is 4.57. The molecule has 1 aliphatic rings. The van der Waals surface area contributed by atoms with Crippen LogP contribution in [-0.4, -0.2) is 34.7 Å². The first-order valence-electron chi connectivity index (χ1n) is 5.96. The number of hydrogen-bond donors (Lipinski definition) is 1. The smallest absolute Gasteiger partial charge is 0.249 e. The van der Waals surface area contributed by atoms with Crippen LogP contribution in [0.4, 0.5) is 0 Å². The van der Waals surface area contributed by atoms with Crippen LogP contribution in [0.5, 0.6) is 0 Å². The SMILES string of the molecule is CO[C@@H](C)C(=O)N[C@@H]1CCc2nc(C)cn2C1. The lowest BCUT2D eigenvalue weighted by atomic mass is 10.1. The zero-order chi connectivity index (χ0) is 12.4. The first-order valence-corrected chi connectivity index (χ1v) is 5.96. The third-order valence-electron chi connectivity index (χ3n) is 3.18. The van der Waals surface area contributed by atoms with Gasteiger partial charge < -0.3 is 14.6 Å². The number of rotatable bonds is 3. The van der Waals surface area contributed by atoms with Crippen molar-refractivity contribution in [3.63, 3.8) is 0 Å². The van der Waals surface area contributed by atoms with Gasteiger partial charge in [0.25, 0.3) is 0 Å². The maximum absolute atomic E-state index is 11.7. The number of imidazole rings is 1. The van der Waals surface area contributed by atoms with Gasteiger partial charge in [-0.3, -0.25) is 4.79 Å². The Labute approximate surface area is 101 Å². The third-order valence-corrected chi connectivity index (χ3v) is 3.18. The molecular weight excluding hydrogens is 218 g/mol. The normalized spacial score (nSPS) is 20.8. The van der Waals surface area contributed by atoms with Crippen molar-refractivity contribution in [1.82, 2.24) is 14.9 Å². The monoisotopic (exact) mass is 237 g/mol. The van der Waals surface area contributed by atoms with E-state index in [4.69, 9.17) is 4.74 Å². The topological polar surface area (TPSA) is 56.1 Å². The molecule has 0 aromatic carbocycles. The molecule has 0 aliphatic carbocycles. The fourth-order valence-corrected chi connectivity index (χ4v) is 2.13. The van der Waals surface area contributed by atoms with Crippen LogP contribution in [0.25, 0.3) is 0 Å². The highest BCUT2D eigenvalue weighted by atomic mass is 16.5. The van der Waals surface area contributed by atoms with Gasteiger partial charge in [-0.1, -0.05) is 0 Å². The van der Waals surface area contributed by atoms with Gasteiger partial charge in [-0.15, -0.1) is 0 Å². The van der Waals surface area contributed by atoms with Gasteiger partial charge in [-0.05, 0) is 20.3 Å². The number of hydrogen-bond acceptors (Lipinski definition) is 3. The van der Waals surface area contributed by atoms with Crippen LogP contribution in [-0.2, 0) is 22.5 Å². The minimum atomic E-state index is -0.388. The fourth-order valence-electron chi connectivity index (χ4n) is 2.13. The van der Waals surface area contributed by atoms with Crippen LogP contribution in [0.2, 0.25) is 0 Å². The Kier molecular flexibility index (Phi) is 3.47. The summed E-state index contributed by atoms with van der Waals surface area (Å²) < 4.78 is 7.12. The second kappa shape index (κ2) is 4.87. The van der Waals surface area contributed by atoms with Crippen LogP contribution in [0.1, 0.15) is 24.9 Å². The summed E-state index contributed by atoms with van der Waals surface area (Å²) in [5.41, 5.74) is 1.04. The highest BCUT2D eigenvalue weighted by Gasteiger charge is 2.22. The standard InChI is InChI=1S/C12H19N3O2/c1-8-6-15-7-10(4-5-11(15)13-8)14-12(16)9(2)17-3/h6,9-10H,4-5,7H2,1-3H3,(H,14,16)/t9-,10+/m0/s1. The molecule has 1 aromatic heterocycles. The lowest BCUT2D eigenvalue weighted by Crippen LogP contribution is -2.45. The molecular formula is C12H19N3O2. The number of ether oxygens (including phenoxy) is 1. The van der Waals surface area contributed by atoms with Crippen molar-refractivity contribution in [1.29, 1.82) is 0 Å². The van der Waals surface area contributed by atoms with Crippen molar-refractivity contribution >= 4 is 5.91 Å². The van der Waals surface area contributed by atoms with Crippen molar-refractivity contribution < 1.29 is 9.53 Å². The van der Waals surface area contributed by atoms with E-state index in [1.165, 1.54) is 0 Å². The van der Waals surface area contributed by atoms with Crippen molar-refractivity contribution in [2.75, 3.05) is 7.11 Å². The number of aryl methyl sites for hydroxylation is 2. The molecule has 5 nitrogen and oxygen atoms in total. The van der Waals surface area contributed by atoms with Gasteiger partial charge in [0.05, 0.1) is 5.69 Å². The maximum atomic E-state index is 11.7. The van der Waals surface area contributed by atoms with E-state index in [2.05, 4.69) is 14.9 Å². The van der Waals surface area contributed by atoms with Gasteiger partial charge in [0.2, 0.25) is 5.91 Å². The number of nitrogens with zero attached hydrogens (tertiary/aromatic N) is 2. The molecule has 1 N–H and O–H groups in total. The predicted molar refractivity (Wildman–Crippen MR) is 63.7 cm³/mol. The maximum Gasteiger partial charge on any atom is 0.249 e. The summed E-state index contributed by atoms with van der Waals surface area (Å²) in [5, 5.41) is 3.01. The molecule has 0 fully saturated rings. The van der Waals surface area contributed by atoms with Gasteiger partial charge in [0, 0.05) is 32.3 Å². The first kappa shape index (κ1) is 12.1. The van der Waals surface area contributed by atoms with Crippen LogP contribution < -0.4 is 5.32 Å². The summed E-state index contributed by atoms with van der Waals surface area (Å²) in [4.78, 5) is 16.1. The average molecular weight is 237 g/mol. The molecule has 2 rings (SSSR count). The van der Waals surface area contributed by atoms with Crippen molar-refractivity contribution in [3.05, 3.63) is 17.7 Å². The largest absolute Gasteiger partial charge is 0.372 e. The summed E-state index contributed by atoms with van der Waals surface area (Å²) in [6.45, 7) is 4.55. The van der Waals surface area contributed by atoms with Crippen LogP contribution >= 0.6 is 0 Å². The van der Waals surface area contributed by atoms with Gasteiger partial charge in [-0.2, -0.15) is 0 Å². The Bertz CT molecular complexity index is 414. The second-order valence-corrected chi connectivity index (χ2v) is 4.57. The van der Waals surface area contributed by atoms with Crippen LogP contribution in [0, 0.1) is 6.92 Å². The molecule has 0 unspecified atom stereocenters. The Morgan fingerprint density at radius 1 is 1.71 bits per heavy atom. The third kappa shape index (κ3) is 2.66. The number of carbonyl (C=O) groups is 1. The van der Waals surface area contributed by atoms with Gasteiger partial charge in [0.1, 0.15) is 11.9 Å². The Morgan fingerprint density at radius 3 is 3.18 bits per heavy atom. The number of aromatic nitrogens is 2. The van der Waals surface area contributed by atoms with Crippen molar-refractivity contribution in [3.8, 4) is 0 Å². The first-order chi connectivity index (χ1) is 8.10. The highest BCUT2D eigenvalue weighted by molar-refractivity contribution is 5.80. The van der Waals surface area contributed by atoms with E-state index in [-0.39, 0.29) is 18.1 Å². The molecule has 0 saturated carbocycles. The molecule has 1 aromatic rings. The summed E-state index contributed by atoms with van der Waals surface area (Å²) in [5.74, 6) is 1.07. The molecule has 17 heavy (non-hydrogen) atoms. The number of nitrogens with one attached hydrogen (secondary N) is 1. The highest BCUT2D eigenvalue weighted by Crippen LogP contribution is 2.15. The molecule has 94 valence electrons. The molecule has 1 amide bonds. The quantitative estimate of drug-likeness (QED) is 0.840. The Morgan fingerprint density at radius 2 is 2.47 bits per heavy atom. The summed E-state index contributed by atoms with van der Waals surface area (Å²) >= 11 is 0. The van der Waals surface area contributed by atoms with E-state index in [1.54, 1.807) is 14.0 Å². The van der Waals surface area contributed by atoms with Crippen LogP contribution in [0.15, 0.2) is 6.20 Å². The van der Waals surface area contributed by atoms with Gasteiger partial charge >= 0.3 is 0 Å². The number of carbonyl (C=O) groups excluding carboxylic acids is 1. The molecule has 0 radical (unpaired) electrons. The number of methoxy groups -OCH3 is 1. The summed E-state index contributed by atoms with van der Waals surface area (Å²) in [7, 11) is 1.54. The minimum Gasteiger partial charge on any atom is -0.372 e. The lowest BCUT2D eigenvalue weighted by molar-refractivity contribution is -0.131. The fraction of sp³-hybridized carbons (Fsp3) is 0.667. The van der Waals surface area contributed by atoms with Crippen molar-refractivity contribution in [2.24, 2.45) is 0 Å². The minimum absolute atomic E-state index is 0.0437. The van der Waals surface area contributed by atoms with E-state index in [0.29, 0.717) is 0 Å². The summed E-state index contributed by atoms with van der Waals surface area (Å²) in [6.07, 6.45) is 3.51. The zero-order valence-electron chi connectivity index (χ0n) is 10.6. The van der Waals surface area contributed by atoms with Gasteiger partial charge in [-0.25, -0.2) is 4.98 Å². The molecule has 2 heterocycles. The van der Waals surface area contributed by atoms with E-state index in [1.807, 2.05) is 13.1 Å². The molecule has 2 atom stereocenters. The van der Waals surface area contributed by atoms with E-state index < -0.39 is 0 Å². The van der Waals surface area contributed by atoms with E-state index in [0.717, 1.165) is 30.9 Å². The number of fused-ring (bicyclic) bond motifs is 1. The molecule has 5 heteroatoms. The Hall–Kier alpha value is -1.36. The van der Waals surface area contributed by atoms with Crippen molar-refractivity contribution in [2.45, 2.75) is 45.4 Å². The lowest BCUT2D eigenvalue weighted by Gasteiger charge is -2.25. The molecule has 1 aliphatic heterocycles. The predicted octanol–water partition coefficient (Wildman–Crippen LogP) is 0.657. The molecule has 0 spiro atoms. The Balaban J connectivity index is 1.96. The van der Waals surface area contributed by atoms with E-state index >= 15 is 0 Å². The average Bonchev–Trinajstić information content (AvgIpc) is 2.67. The van der Waals surface area contributed by atoms with Gasteiger partial charge in [0.15, 0.2) is 0 Å². The zero-order valence-corrected chi connectivity index (χ0v) is 10.6. The molecule has 0 bridgehead atoms. The van der Waals surface area contributed by atoms with E-state index in [9.17, 15) is 4.79 Å².